The summed E-state index contributed by atoms with van der Waals surface area (Å²) in [5.74, 6) is 1.55. The minimum Gasteiger partial charge on any atom is -0.454 e. The van der Waals surface area contributed by atoms with Crippen molar-refractivity contribution in [1.82, 2.24) is 9.97 Å². The fourth-order valence-corrected chi connectivity index (χ4v) is 2.43. The van der Waals surface area contributed by atoms with Gasteiger partial charge in [0.15, 0.2) is 17.1 Å². The Balaban J connectivity index is 1.90. The van der Waals surface area contributed by atoms with Gasteiger partial charge in [-0.05, 0) is 48.9 Å². The zero-order chi connectivity index (χ0) is 13.5. The summed E-state index contributed by atoms with van der Waals surface area (Å²) in [6.07, 6.45) is 1.76. The lowest BCUT2D eigenvalue weighted by Gasteiger charge is -2.06. The summed E-state index contributed by atoms with van der Waals surface area (Å²) in [4.78, 5) is 8.96. The summed E-state index contributed by atoms with van der Waals surface area (Å²) in [5, 5.41) is 1.08. The van der Waals surface area contributed by atoms with Crippen LogP contribution in [0.2, 0.25) is 0 Å². The van der Waals surface area contributed by atoms with Crippen LogP contribution in [0.4, 0.5) is 0 Å². The number of ether oxygens (including phenoxy) is 2. The van der Waals surface area contributed by atoms with Crippen molar-refractivity contribution >= 4 is 11.0 Å². The summed E-state index contributed by atoms with van der Waals surface area (Å²) in [6, 6.07) is 11.9. The van der Waals surface area contributed by atoms with Crippen molar-refractivity contribution in [2.75, 3.05) is 6.79 Å². The SMILES string of the molecule is Cc1cc(-c2ccc3c(c2)OCO3)nc2ncccc12. The zero-order valence-corrected chi connectivity index (χ0v) is 11.0. The van der Waals surface area contributed by atoms with Gasteiger partial charge in [-0.1, -0.05) is 0 Å². The van der Waals surface area contributed by atoms with E-state index >= 15 is 0 Å². The Morgan fingerprint density at radius 1 is 1.05 bits per heavy atom. The second kappa shape index (κ2) is 4.20. The van der Waals surface area contributed by atoms with Gasteiger partial charge in [-0.3, -0.25) is 0 Å². The van der Waals surface area contributed by atoms with E-state index < -0.39 is 0 Å². The molecule has 4 heteroatoms. The number of aryl methyl sites for hydroxylation is 1. The Morgan fingerprint density at radius 2 is 1.95 bits per heavy atom. The zero-order valence-electron chi connectivity index (χ0n) is 11.0. The quantitative estimate of drug-likeness (QED) is 0.676. The van der Waals surface area contributed by atoms with Gasteiger partial charge in [-0.15, -0.1) is 0 Å². The minimum absolute atomic E-state index is 0.282. The molecule has 2 aromatic heterocycles. The first kappa shape index (κ1) is 11.2. The molecule has 0 saturated carbocycles. The lowest BCUT2D eigenvalue weighted by Crippen LogP contribution is -1.93. The van der Waals surface area contributed by atoms with E-state index in [2.05, 4.69) is 23.0 Å². The maximum absolute atomic E-state index is 5.41. The number of nitrogens with zero attached hydrogens (tertiary/aromatic N) is 2. The lowest BCUT2D eigenvalue weighted by atomic mass is 10.1. The van der Waals surface area contributed by atoms with Crippen molar-refractivity contribution in [3.8, 4) is 22.8 Å². The van der Waals surface area contributed by atoms with Gasteiger partial charge in [0.25, 0.3) is 0 Å². The van der Waals surface area contributed by atoms with Gasteiger partial charge in [-0.25, -0.2) is 9.97 Å². The minimum atomic E-state index is 0.282. The Kier molecular flexibility index (Phi) is 2.36. The average Bonchev–Trinajstić information content (AvgIpc) is 2.94. The molecule has 0 bridgehead atoms. The molecular formula is C16H12N2O2. The van der Waals surface area contributed by atoms with E-state index in [0.717, 1.165) is 39.4 Å². The molecule has 3 heterocycles. The molecule has 0 unspecified atom stereocenters. The van der Waals surface area contributed by atoms with Gasteiger partial charge in [-0.2, -0.15) is 0 Å². The molecule has 0 fully saturated rings. The molecule has 1 aliphatic rings. The largest absolute Gasteiger partial charge is 0.454 e. The van der Waals surface area contributed by atoms with Crippen molar-refractivity contribution in [3.05, 3.63) is 48.2 Å². The van der Waals surface area contributed by atoms with Gasteiger partial charge < -0.3 is 9.47 Å². The van der Waals surface area contributed by atoms with E-state index in [1.807, 2.05) is 30.3 Å². The van der Waals surface area contributed by atoms with Crippen molar-refractivity contribution in [3.63, 3.8) is 0 Å². The van der Waals surface area contributed by atoms with Crippen LogP contribution >= 0.6 is 0 Å². The highest BCUT2D eigenvalue weighted by Gasteiger charge is 2.15. The van der Waals surface area contributed by atoms with E-state index in [1.54, 1.807) is 6.20 Å². The summed E-state index contributed by atoms with van der Waals surface area (Å²) >= 11 is 0. The molecule has 4 rings (SSSR count). The lowest BCUT2D eigenvalue weighted by molar-refractivity contribution is 0.174. The molecule has 20 heavy (non-hydrogen) atoms. The number of hydrogen-bond acceptors (Lipinski definition) is 4. The van der Waals surface area contributed by atoms with E-state index in [-0.39, 0.29) is 6.79 Å². The molecule has 0 spiro atoms. The monoisotopic (exact) mass is 264 g/mol. The third-order valence-corrected chi connectivity index (χ3v) is 3.46. The predicted octanol–water partition coefficient (Wildman–Crippen LogP) is 3.33. The molecule has 0 radical (unpaired) electrons. The fourth-order valence-electron chi connectivity index (χ4n) is 2.43. The first-order valence-electron chi connectivity index (χ1n) is 6.44. The van der Waals surface area contributed by atoms with Crippen LogP contribution in [0.3, 0.4) is 0 Å². The van der Waals surface area contributed by atoms with Crippen LogP contribution in [-0.4, -0.2) is 16.8 Å². The summed E-state index contributed by atoms with van der Waals surface area (Å²) in [7, 11) is 0. The molecule has 0 amide bonds. The van der Waals surface area contributed by atoms with E-state index in [9.17, 15) is 0 Å². The smallest absolute Gasteiger partial charge is 0.231 e. The third kappa shape index (κ3) is 1.69. The maximum Gasteiger partial charge on any atom is 0.231 e. The van der Waals surface area contributed by atoms with E-state index in [0.29, 0.717) is 0 Å². The highest BCUT2D eigenvalue weighted by Crippen LogP contribution is 2.36. The van der Waals surface area contributed by atoms with Crippen molar-refractivity contribution in [2.45, 2.75) is 6.92 Å². The number of pyridine rings is 2. The van der Waals surface area contributed by atoms with Crippen LogP contribution < -0.4 is 9.47 Å². The van der Waals surface area contributed by atoms with Crippen molar-refractivity contribution in [1.29, 1.82) is 0 Å². The summed E-state index contributed by atoms with van der Waals surface area (Å²) < 4.78 is 10.7. The summed E-state index contributed by atoms with van der Waals surface area (Å²) in [5.41, 5.74) is 3.83. The van der Waals surface area contributed by atoms with Crippen LogP contribution in [0.15, 0.2) is 42.6 Å². The number of aromatic nitrogens is 2. The number of rotatable bonds is 1. The molecule has 3 aromatic rings. The van der Waals surface area contributed by atoms with Crippen LogP contribution in [0.1, 0.15) is 5.56 Å². The molecule has 0 atom stereocenters. The number of hydrogen-bond donors (Lipinski definition) is 0. The first-order chi connectivity index (χ1) is 9.81. The van der Waals surface area contributed by atoms with Gasteiger partial charge in [0.05, 0.1) is 5.69 Å². The third-order valence-electron chi connectivity index (χ3n) is 3.46. The second-order valence-corrected chi connectivity index (χ2v) is 4.77. The number of benzene rings is 1. The molecule has 1 aliphatic heterocycles. The second-order valence-electron chi connectivity index (χ2n) is 4.77. The van der Waals surface area contributed by atoms with Gasteiger partial charge >= 0.3 is 0 Å². The van der Waals surface area contributed by atoms with Gasteiger partial charge in [0.2, 0.25) is 6.79 Å². The Morgan fingerprint density at radius 3 is 2.90 bits per heavy atom. The molecule has 98 valence electrons. The van der Waals surface area contributed by atoms with Gasteiger partial charge in [0, 0.05) is 17.1 Å². The first-order valence-corrected chi connectivity index (χ1v) is 6.44. The van der Waals surface area contributed by atoms with Gasteiger partial charge in [0.1, 0.15) is 0 Å². The average molecular weight is 264 g/mol. The van der Waals surface area contributed by atoms with Crippen LogP contribution in [0, 0.1) is 6.92 Å². The Hall–Kier alpha value is -2.62. The van der Waals surface area contributed by atoms with Crippen LogP contribution in [-0.2, 0) is 0 Å². The molecule has 1 aromatic carbocycles. The molecule has 0 aliphatic carbocycles. The normalized spacial score (nSPS) is 12.8. The molecule has 0 saturated heterocycles. The Bertz CT molecular complexity index is 815. The molecular weight excluding hydrogens is 252 g/mol. The molecule has 0 N–H and O–H groups in total. The van der Waals surface area contributed by atoms with E-state index in [4.69, 9.17) is 9.47 Å². The standard InChI is InChI=1S/C16H12N2O2/c1-10-7-13(18-16-12(10)3-2-6-17-16)11-4-5-14-15(8-11)20-9-19-14/h2-8H,9H2,1H3. The van der Waals surface area contributed by atoms with Crippen molar-refractivity contribution in [2.24, 2.45) is 0 Å². The maximum atomic E-state index is 5.41. The highest BCUT2D eigenvalue weighted by molar-refractivity contribution is 5.82. The van der Waals surface area contributed by atoms with Crippen LogP contribution in [0.25, 0.3) is 22.3 Å². The Labute approximate surface area is 116 Å². The fraction of sp³-hybridized carbons (Fsp3) is 0.125. The highest BCUT2D eigenvalue weighted by atomic mass is 16.7. The van der Waals surface area contributed by atoms with E-state index in [1.165, 1.54) is 0 Å². The topological polar surface area (TPSA) is 44.2 Å². The summed E-state index contributed by atoms with van der Waals surface area (Å²) in [6.45, 7) is 2.35. The number of fused-ring (bicyclic) bond motifs is 2. The predicted molar refractivity (Wildman–Crippen MR) is 75.8 cm³/mol. The molecule has 4 nitrogen and oxygen atoms in total. The van der Waals surface area contributed by atoms with Crippen LogP contribution in [0.5, 0.6) is 11.5 Å². The van der Waals surface area contributed by atoms with Crippen molar-refractivity contribution < 1.29 is 9.47 Å².